The number of Topliss-reactive ketones (excluding diaryl/α,β-unsaturated/α-hetero) is 2. The van der Waals surface area contributed by atoms with Crippen LogP contribution in [0.25, 0.3) is 0 Å². The van der Waals surface area contributed by atoms with Crippen molar-refractivity contribution in [2.75, 3.05) is 0 Å². The van der Waals surface area contributed by atoms with E-state index in [4.69, 9.17) is 0 Å². The predicted molar refractivity (Wildman–Crippen MR) is 77.0 cm³/mol. The van der Waals surface area contributed by atoms with E-state index in [0.29, 0.717) is 11.1 Å². The lowest BCUT2D eigenvalue weighted by Crippen LogP contribution is -3.00. The minimum atomic E-state index is -0.459. The monoisotopic (exact) mass is 291 g/mol. The molecule has 3 nitrogen and oxygen atoms in total. The minimum absolute atomic E-state index is 0. The molecule has 0 amide bonds. The minimum Gasteiger partial charge on any atom is -1.00 e. The molecule has 20 heavy (non-hydrogen) atoms. The Morgan fingerprint density at radius 1 is 0.650 bits per heavy atom. The summed E-state index contributed by atoms with van der Waals surface area (Å²) in [6.07, 6.45) is 0. The maximum Gasteiger partial charge on any atom is 0.233 e. The summed E-state index contributed by atoms with van der Waals surface area (Å²) in [4.78, 5) is 24.0. The molecule has 0 heterocycles. The van der Waals surface area contributed by atoms with E-state index in [-0.39, 0.29) is 18.6 Å². The smallest absolute Gasteiger partial charge is 0.233 e. The highest BCUT2D eigenvalue weighted by Crippen LogP contribution is 2.10. The first-order valence-electron chi connectivity index (χ1n) is 5.80. The lowest BCUT2D eigenvalue weighted by atomic mass is 10.00. The van der Waals surface area contributed by atoms with Gasteiger partial charge >= 0.3 is 0 Å². The topological polar surface area (TPSA) is 70.6 Å². The molecule has 4 heteroatoms. The first-order chi connectivity index (χ1) is 8.58. The maximum absolute atomic E-state index is 12.0. The van der Waals surface area contributed by atoms with Gasteiger partial charge in [0.1, 0.15) is 0 Å². The van der Waals surface area contributed by atoms with Crippen LogP contribution in [0.4, 0.5) is 0 Å². The highest BCUT2D eigenvalue weighted by atomic mass is 35.5. The van der Waals surface area contributed by atoms with E-state index in [9.17, 15) is 9.59 Å². The fraction of sp³-hybridized carbons (Fsp3) is 0.125. The van der Waals surface area contributed by atoms with Gasteiger partial charge in [0.15, 0.2) is 0 Å². The molecule has 0 fully saturated rings. The lowest BCUT2D eigenvalue weighted by Gasteiger charge is -2.02. The molecule has 2 rings (SSSR count). The van der Waals surface area contributed by atoms with Crippen LogP contribution in [0.5, 0.6) is 0 Å². The van der Waals surface area contributed by atoms with Crippen LogP contribution in [-0.2, 0) is 0 Å². The van der Waals surface area contributed by atoms with Crippen molar-refractivity contribution in [3.63, 3.8) is 0 Å². The predicted octanol–water partition coefficient (Wildman–Crippen LogP) is 0.749. The van der Waals surface area contributed by atoms with E-state index in [1.807, 2.05) is 38.1 Å². The Hall–Kier alpha value is -1.97. The molecule has 0 aliphatic carbocycles. The summed E-state index contributed by atoms with van der Waals surface area (Å²) in [6, 6.07) is 14.1. The van der Waals surface area contributed by atoms with Crippen LogP contribution >= 0.6 is 0 Å². The first-order valence-corrected chi connectivity index (χ1v) is 5.80. The number of hydrogen-bond acceptors (Lipinski definition) is 2. The van der Waals surface area contributed by atoms with E-state index in [1.54, 1.807) is 24.3 Å². The Balaban J connectivity index is 0.00000180. The molecule has 0 unspecified atom stereocenters. The standard InChI is InChI=1S/C16H14O2.ClH.H3N/c1-11-3-7-13(8-4-11)15(17)16(18)14-9-5-12(2)6-10-14;;/h3-10H,1-2H3;1H;1H3. The van der Waals surface area contributed by atoms with Gasteiger partial charge in [-0.05, 0) is 13.8 Å². The van der Waals surface area contributed by atoms with Crippen molar-refractivity contribution in [3.8, 4) is 0 Å². The van der Waals surface area contributed by atoms with Crippen molar-refractivity contribution in [1.82, 2.24) is 6.15 Å². The Morgan fingerprint density at radius 2 is 0.900 bits per heavy atom. The summed E-state index contributed by atoms with van der Waals surface area (Å²) in [5, 5.41) is 0. The molecule has 106 valence electrons. The summed E-state index contributed by atoms with van der Waals surface area (Å²) < 4.78 is 0. The summed E-state index contributed by atoms with van der Waals surface area (Å²) in [5.74, 6) is -0.919. The van der Waals surface area contributed by atoms with Crippen LogP contribution in [0.15, 0.2) is 48.5 Å². The van der Waals surface area contributed by atoms with Gasteiger partial charge in [-0.2, -0.15) is 0 Å². The second-order valence-electron chi connectivity index (χ2n) is 4.39. The third-order valence-electron chi connectivity index (χ3n) is 2.83. The number of hydrogen-bond donors (Lipinski definition) is 1. The van der Waals surface area contributed by atoms with Crippen molar-refractivity contribution in [3.05, 3.63) is 70.8 Å². The molecule has 2 aromatic rings. The van der Waals surface area contributed by atoms with Crippen LogP contribution < -0.4 is 18.6 Å². The molecular weight excluding hydrogens is 274 g/mol. The molecule has 0 saturated heterocycles. The van der Waals surface area contributed by atoms with Crippen molar-refractivity contribution in [2.24, 2.45) is 0 Å². The lowest BCUT2D eigenvalue weighted by molar-refractivity contribution is -0.0000156. The van der Waals surface area contributed by atoms with Gasteiger partial charge in [0.05, 0.1) is 0 Å². The normalized spacial score (nSPS) is 9.10. The summed E-state index contributed by atoms with van der Waals surface area (Å²) in [7, 11) is 0. The highest BCUT2D eigenvalue weighted by molar-refractivity contribution is 6.49. The average molecular weight is 292 g/mol. The molecule has 0 atom stereocenters. The molecule has 0 aromatic heterocycles. The van der Waals surface area contributed by atoms with Gasteiger partial charge in [0, 0.05) is 11.1 Å². The zero-order chi connectivity index (χ0) is 13.1. The Bertz CT molecular complexity index is 533. The molecule has 2 aromatic carbocycles. The van der Waals surface area contributed by atoms with Crippen LogP contribution in [0, 0.1) is 13.8 Å². The molecule has 0 radical (unpaired) electrons. The third-order valence-corrected chi connectivity index (χ3v) is 2.83. The molecule has 0 aliphatic heterocycles. The van der Waals surface area contributed by atoms with Crippen LogP contribution in [0.3, 0.4) is 0 Å². The maximum atomic E-state index is 12.0. The van der Waals surface area contributed by atoms with E-state index in [1.165, 1.54) is 0 Å². The second-order valence-corrected chi connectivity index (χ2v) is 4.39. The number of quaternary nitrogens is 1. The molecule has 4 N–H and O–H groups in total. The largest absolute Gasteiger partial charge is 1.00 e. The summed E-state index contributed by atoms with van der Waals surface area (Å²) in [6.45, 7) is 3.88. The van der Waals surface area contributed by atoms with Crippen LogP contribution in [-0.4, -0.2) is 11.6 Å². The number of rotatable bonds is 3. The van der Waals surface area contributed by atoms with Gasteiger partial charge in [-0.3, -0.25) is 9.59 Å². The van der Waals surface area contributed by atoms with Gasteiger partial charge in [-0.1, -0.05) is 59.7 Å². The second kappa shape index (κ2) is 7.58. The van der Waals surface area contributed by atoms with Gasteiger partial charge in [0.2, 0.25) is 11.6 Å². The van der Waals surface area contributed by atoms with Crippen molar-refractivity contribution in [1.29, 1.82) is 0 Å². The molecular formula is C16H18ClNO2. The fourth-order valence-corrected chi connectivity index (χ4v) is 1.67. The Morgan fingerprint density at radius 3 is 1.15 bits per heavy atom. The van der Waals surface area contributed by atoms with E-state index in [2.05, 4.69) is 0 Å². The summed E-state index contributed by atoms with van der Waals surface area (Å²) in [5.41, 5.74) is 3.00. The quantitative estimate of drug-likeness (QED) is 0.669. The Labute approximate surface area is 125 Å². The molecule has 0 spiro atoms. The number of carbonyl (C=O) groups excluding carboxylic acids is 2. The zero-order valence-electron chi connectivity index (χ0n) is 11.8. The molecule has 0 saturated carbocycles. The number of carbonyl (C=O) groups is 2. The third kappa shape index (κ3) is 4.02. The van der Waals surface area contributed by atoms with E-state index >= 15 is 0 Å². The van der Waals surface area contributed by atoms with Crippen LogP contribution in [0.2, 0.25) is 0 Å². The molecule has 0 bridgehead atoms. The van der Waals surface area contributed by atoms with Gasteiger partial charge < -0.3 is 18.6 Å². The van der Waals surface area contributed by atoms with E-state index in [0.717, 1.165) is 11.1 Å². The SMILES string of the molecule is Cc1ccc(C(=O)C(=O)c2ccc(C)cc2)cc1.[Cl-].[NH4+]. The first kappa shape index (κ1) is 18.0. The van der Waals surface area contributed by atoms with Gasteiger partial charge in [-0.25, -0.2) is 0 Å². The molecule has 0 aliphatic rings. The number of benzene rings is 2. The zero-order valence-corrected chi connectivity index (χ0v) is 12.6. The Kier molecular flexibility index (Phi) is 6.83. The number of aryl methyl sites for hydroxylation is 2. The number of ketones is 2. The van der Waals surface area contributed by atoms with Crippen molar-refractivity contribution >= 4 is 11.6 Å². The van der Waals surface area contributed by atoms with Crippen molar-refractivity contribution in [2.45, 2.75) is 13.8 Å². The summed E-state index contributed by atoms with van der Waals surface area (Å²) >= 11 is 0. The van der Waals surface area contributed by atoms with Gasteiger partial charge in [0.25, 0.3) is 0 Å². The fourth-order valence-electron chi connectivity index (χ4n) is 1.67. The van der Waals surface area contributed by atoms with Crippen LogP contribution in [0.1, 0.15) is 31.8 Å². The van der Waals surface area contributed by atoms with Crippen molar-refractivity contribution < 1.29 is 22.0 Å². The average Bonchev–Trinajstić information content (AvgIpc) is 2.39. The van der Waals surface area contributed by atoms with E-state index < -0.39 is 11.6 Å². The highest BCUT2D eigenvalue weighted by Gasteiger charge is 2.17. The number of halogens is 1. The van der Waals surface area contributed by atoms with Gasteiger partial charge in [-0.15, -0.1) is 0 Å².